The molecule has 1 aromatic carbocycles. The highest BCUT2D eigenvalue weighted by Crippen LogP contribution is 2.54. The maximum absolute atomic E-state index is 15.5. The Balaban J connectivity index is 1.80. The largest absolute Gasteiger partial charge is 0.398 e. The highest BCUT2D eigenvalue weighted by molar-refractivity contribution is 6.34. The van der Waals surface area contributed by atoms with Crippen molar-refractivity contribution in [2.75, 3.05) is 31.7 Å². The first kappa shape index (κ1) is 21.4. The Bertz CT molecular complexity index is 1090. The van der Waals surface area contributed by atoms with Crippen molar-refractivity contribution in [3.63, 3.8) is 0 Å². The number of nitrogen functional groups attached to an aromatic ring is 1. The fourth-order valence-electron chi connectivity index (χ4n) is 4.96. The molecule has 7 nitrogen and oxygen atoms in total. The molecule has 2 unspecified atom stereocenters. The minimum Gasteiger partial charge on any atom is -0.398 e. The van der Waals surface area contributed by atoms with Crippen LogP contribution in [0.4, 0.5) is 15.9 Å². The van der Waals surface area contributed by atoms with Crippen LogP contribution in [0.2, 0.25) is 5.02 Å². The molecule has 0 radical (unpaired) electrons. The van der Waals surface area contributed by atoms with E-state index in [1.807, 2.05) is 0 Å². The monoisotopic (exact) mass is 445 g/mol. The number of fused-ring (bicyclic) bond motifs is 2. The van der Waals surface area contributed by atoms with Crippen molar-refractivity contribution < 1.29 is 14.0 Å². The normalized spacial score (nSPS) is 21.7. The first-order chi connectivity index (χ1) is 14.6. The number of rotatable bonds is 4. The smallest absolute Gasteiger partial charge is 0.258 e. The van der Waals surface area contributed by atoms with Crippen molar-refractivity contribution in [3.8, 4) is 11.1 Å². The van der Waals surface area contributed by atoms with Crippen LogP contribution in [-0.2, 0) is 10.2 Å². The average Bonchev–Trinajstić information content (AvgIpc) is 3.26. The van der Waals surface area contributed by atoms with Crippen LogP contribution in [0.1, 0.15) is 41.6 Å². The third-order valence-corrected chi connectivity index (χ3v) is 6.82. The molecule has 0 bridgehead atoms. The summed E-state index contributed by atoms with van der Waals surface area (Å²) in [5.74, 6) is -0.699. The van der Waals surface area contributed by atoms with Gasteiger partial charge in [0.15, 0.2) is 0 Å². The number of hydrogen-bond acceptors (Lipinski definition) is 5. The first-order valence-electron chi connectivity index (χ1n) is 10.2. The number of pyridine rings is 1. The van der Waals surface area contributed by atoms with Gasteiger partial charge in [0.1, 0.15) is 11.6 Å². The molecule has 2 atom stereocenters. The fourth-order valence-corrected chi connectivity index (χ4v) is 5.40. The molecule has 1 aliphatic heterocycles. The quantitative estimate of drug-likeness (QED) is 0.625. The second kappa shape index (κ2) is 7.67. The van der Waals surface area contributed by atoms with E-state index in [2.05, 4.69) is 10.3 Å². The van der Waals surface area contributed by atoms with Gasteiger partial charge in [0, 0.05) is 61.1 Å². The lowest BCUT2D eigenvalue weighted by Gasteiger charge is -2.25. The van der Waals surface area contributed by atoms with Gasteiger partial charge in [-0.1, -0.05) is 11.6 Å². The van der Waals surface area contributed by atoms with E-state index in [4.69, 9.17) is 23.1 Å². The molecule has 1 aliphatic carbocycles. The summed E-state index contributed by atoms with van der Waals surface area (Å²) < 4.78 is 15.5. The van der Waals surface area contributed by atoms with Crippen molar-refractivity contribution in [2.45, 2.75) is 31.1 Å². The summed E-state index contributed by atoms with van der Waals surface area (Å²) in [5, 5.41) is 3.71. The predicted molar refractivity (Wildman–Crippen MR) is 118 cm³/mol. The zero-order valence-electron chi connectivity index (χ0n) is 17.5. The van der Waals surface area contributed by atoms with Crippen molar-refractivity contribution in [2.24, 2.45) is 11.7 Å². The number of primary amides is 1. The summed E-state index contributed by atoms with van der Waals surface area (Å²) in [5.41, 5.74) is 12.3. The van der Waals surface area contributed by atoms with Gasteiger partial charge in [-0.3, -0.25) is 9.59 Å². The number of benzene rings is 1. The summed E-state index contributed by atoms with van der Waals surface area (Å²) in [4.78, 5) is 29.6. The topological polar surface area (TPSA) is 114 Å². The number of halogens is 2. The Labute approximate surface area is 184 Å². The fraction of sp³-hybridized carbons (Fsp3) is 0.409. The summed E-state index contributed by atoms with van der Waals surface area (Å²) in [6.45, 7) is 0.655. The molecule has 0 saturated heterocycles. The number of aromatic nitrogens is 1. The summed E-state index contributed by atoms with van der Waals surface area (Å²) in [7, 11) is 3.08. The van der Waals surface area contributed by atoms with Crippen LogP contribution >= 0.6 is 11.6 Å². The predicted octanol–water partition coefficient (Wildman–Crippen LogP) is 3.16. The summed E-state index contributed by atoms with van der Waals surface area (Å²) in [6, 6.07) is 3.02. The summed E-state index contributed by atoms with van der Waals surface area (Å²) in [6.07, 6.45) is 4.31. The van der Waals surface area contributed by atoms with Gasteiger partial charge >= 0.3 is 0 Å². The number of nitrogens with one attached hydrogen (secondary N) is 1. The van der Waals surface area contributed by atoms with E-state index >= 15 is 4.39 Å². The van der Waals surface area contributed by atoms with E-state index in [-0.39, 0.29) is 34.1 Å². The molecule has 2 heterocycles. The van der Waals surface area contributed by atoms with E-state index in [0.717, 1.165) is 24.8 Å². The first-order valence-corrected chi connectivity index (χ1v) is 10.5. The van der Waals surface area contributed by atoms with E-state index in [0.29, 0.717) is 29.4 Å². The molecule has 1 fully saturated rings. The zero-order valence-corrected chi connectivity index (χ0v) is 18.2. The average molecular weight is 446 g/mol. The number of anilines is 2. The van der Waals surface area contributed by atoms with Crippen molar-refractivity contribution in [1.29, 1.82) is 0 Å². The molecule has 4 rings (SSSR count). The van der Waals surface area contributed by atoms with Crippen LogP contribution in [0.3, 0.4) is 0 Å². The van der Waals surface area contributed by atoms with Crippen LogP contribution in [0.15, 0.2) is 18.3 Å². The van der Waals surface area contributed by atoms with Gasteiger partial charge < -0.3 is 21.7 Å². The van der Waals surface area contributed by atoms with Crippen LogP contribution in [0.5, 0.6) is 0 Å². The van der Waals surface area contributed by atoms with E-state index in [9.17, 15) is 9.59 Å². The number of carbonyl (C=O) groups is 2. The SMILES string of the molecule is CN(C)C(=O)c1c(N)ccc(-c2cnc3c(c2Cl)C2(CCC(CC(N)=O)C2)CN3)c1F. The molecular weight excluding hydrogens is 421 g/mol. The molecule has 5 N–H and O–H groups in total. The summed E-state index contributed by atoms with van der Waals surface area (Å²) >= 11 is 6.85. The van der Waals surface area contributed by atoms with E-state index in [1.54, 1.807) is 0 Å². The minimum absolute atomic E-state index is 0.0633. The Morgan fingerprint density at radius 1 is 1.35 bits per heavy atom. The molecule has 164 valence electrons. The van der Waals surface area contributed by atoms with Gasteiger partial charge in [0.25, 0.3) is 5.91 Å². The van der Waals surface area contributed by atoms with E-state index < -0.39 is 11.7 Å². The lowest BCUT2D eigenvalue weighted by atomic mass is 9.79. The van der Waals surface area contributed by atoms with Crippen molar-refractivity contribution >= 4 is 34.9 Å². The van der Waals surface area contributed by atoms with Gasteiger partial charge in [-0.2, -0.15) is 0 Å². The highest BCUT2D eigenvalue weighted by Gasteiger charge is 2.47. The van der Waals surface area contributed by atoms with Crippen LogP contribution in [0.25, 0.3) is 11.1 Å². The van der Waals surface area contributed by atoms with Gasteiger partial charge in [0.2, 0.25) is 5.91 Å². The molecule has 31 heavy (non-hydrogen) atoms. The lowest BCUT2D eigenvalue weighted by Crippen LogP contribution is -2.26. The number of hydrogen-bond donors (Lipinski definition) is 3. The van der Waals surface area contributed by atoms with Crippen molar-refractivity contribution in [3.05, 3.63) is 40.3 Å². The number of carbonyl (C=O) groups excluding carboxylic acids is 2. The zero-order chi connectivity index (χ0) is 22.5. The Morgan fingerprint density at radius 3 is 2.77 bits per heavy atom. The van der Waals surface area contributed by atoms with Crippen LogP contribution < -0.4 is 16.8 Å². The maximum atomic E-state index is 15.5. The minimum atomic E-state index is -0.722. The lowest BCUT2D eigenvalue weighted by molar-refractivity contribution is -0.118. The molecule has 1 aromatic heterocycles. The number of nitrogens with zero attached hydrogens (tertiary/aromatic N) is 2. The second-order valence-corrected chi connectivity index (χ2v) is 9.09. The molecular formula is C22H25ClFN5O2. The van der Waals surface area contributed by atoms with Gasteiger partial charge in [0.05, 0.1) is 10.6 Å². The van der Waals surface area contributed by atoms with E-state index in [1.165, 1.54) is 37.3 Å². The second-order valence-electron chi connectivity index (χ2n) is 8.71. The number of amides is 2. The highest BCUT2D eigenvalue weighted by atomic mass is 35.5. The Kier molecular flexibility index (Phi) is 5.29. The number of nitrogens with two attached hydrogens (primary N) is 2. The third-order valence-electron chi connectivity index (χ3n) is 6.42. The molecule has 2 amide bonds. The maximum Gasteiger partial charge on any atom is 0.258 e. The van der Waals surface area contributed by atoms with Crippen LogP contribution in [0, 0.1) is 11.7 Å². The molecule has 2 aliphatic rings. The standard InChI is InChI=1S/C22H25ClFN5O2/c1-29(2)21(31)16-14(25)4-3-12(19(16)24)13-9-27-20-17(18(13)23)22(10-28-20)6-5-11(8-22)7-15(26)30/h3-4,9,11H,5-8,10,25H2,1-2H3,(H2,26,30)(H,27,28). The van der Waals surface area contributed by atoms with Crippen molar-refractivity contribution in [1.82, 2.24) is 9.88 Å². The Morgan fingerprint density at radius 2 is 2.10 bits per heavy atom. The van der Waals surface area contributed by atoms with Gasteiger partial charge in [-0.25, -0.2) is 9.37 Å². The van der Waals surface area contributed by atoms with Gasteiger partial charge in [-0.05, 0) is 37.3 Å². The molecule has 9 heteroatoms. The molecule has 1 spiro atoms. The Hall–Kier alpha value is -2.87. The molecule has 2 aromatic rings. The third kappa shape index (κ3) is 3.48. The van der Waals surface area contributed by atoms with Gasteiger partial charge in [-0.15, -0.1) is 0 Å². The van der Waals surface area contributed by atoms with Crippen LogP contribution in [-0.4, -0.2) is 42.3 Å². The molecule has 1 saturated carbocycles.